The summed E-state index contributed by atoms with van der Waals surface area (Å²) in [5.41, 5.74) is 2.17. The Labute approximate surface area is 168 Å². The maximum atomic E-state index is 12.4. The van der Waals surface area contributed by atoms with E-state index in [2.05, 4.69) is 10.6 Å². The third-order valence-electron chi connectivity index (χ3n) is 4.42. The Morgan fingerprint density at radius 2 is 1.96 bits per heavy atom. The first-order valence-corrected chi connectivity index (χ1v) is 9.20. The van der Waals surface area contributed by atoms with Gasteiger partial charge in [-0.3, -0.25) is 9.59 Å². The van der Waals surface area contributed by atoms with Crippen LogP contribution in [0.5, 0.6) is 11.5 Å². The average Bonchev–Trinajstić information content (AvgIpc) is 2.67. The van der Waals surface area contributed by atoms with Crippen LogP contribution in [0.4, 0.5) is 11.4 Å². The topological polar surface area (TPSA) is 79.9 Å². The van der Waals surface area contributed by atoms with Crippen LogP contribution in [0.3, 0.4) is 0 Å². The minimum Gasteiger partial charge on any atom is -0.493 e. The molecule has 1 aliphatic heterocycles. The van der Waals surface area contributed by atoms with E-state index in [9.17, 15) is 9.59 Å². The van der Waals surface area contributed by atoms with E-state index < -0.39 is 0 Å². The number of benzene rings is 2. The van der Waals surface area contributed by atoms with Crippen molar-refractivity contribution in [1.29, 1.82) is 0 Å². The van der Waals surface area contributed by atoms with Gasteiger partial charge < -0.3 is 25.0 Å². The lowest BCUT2D eigenvalue weighted by Crippen LogP contribution is -2.47. The molecule has 1 fully saturated rings. The van der Waals surface area contributed by atoms with Gasteiger partial charge >= 0.3 is 0 Å². The molecule has 0 unspecified atom stereocenters. The normalized spacial score (nSPS) is 13.7. The predicted octanol–water partition coefficient (Wildman–Crippen LogP) is 2.47. The molecule has 2 aromatic rings. The van der Waals surface area contributed by atoms with Crippen LogP contribution in [-0.2, 0) is 16.0 Å². The standard InChI is InChI=1S/C20H22ClN3O4/c1-27-17-6-3-13(9-18(17)28-2)10-19(25)23-14-4-5-16(15(21)11-14)24-8-7-22-20(26)12-24/h3-6,9,11H,7-8,10,12H2,1-2H3,(H,22,26)(H,23,25). The van der Waals surface area contributed by atoms with E-state index in [0.29, 0.717) is 35.3 Å². The Bertz CT molecular complexity index is 888. The number of piperazine rings is 1. The highest BCUT2D eigenvalue weighted by molar-refractivity contribution is 6.33. The van der Waals surface area contributed by atoms with Gasteiger partial charge in [0, 0.05) is 18.8 Å². The van der Waals surface area contributed by atoms with Crippen molar-refractivity contribution in [3.05, 3.63) is 47.0 Å². The van der Waals surface area contributed by atoms with Gasteiger partial charge in [0.1, 0.15) is 0 Å². The summed E-state index contributed by atoms with van der Waals surface area (Å²) in [4.78, 5) is 25.9. The molecule has 3 rings (SSSR count). The summed E-state index contributed by atoms with van der Waals surface area (Å²) in [5, 5.41) is 6.11. The predicted molar refractivity (Wildman–Crippen MR) is 109 cm³/mol. The monoisotopic (exact) mass is 403 g/mol. The maximum absolute atomic E-state index is 12.4. The van der Waals surface area contributed by atoms with Crippen molar-refractivity contribution in [3.8, 4) is 11.5 Å². The van der Waals surface area contributed by atoms with Gasteiger partial charge in [-0.2, -0.15) is 0 Å². The zero-order chi connectivity index (χ0) is 20.1. The van der Waals surface area contributed by atoms with E-state index >= 15 is 0 Å². The molecule has 8 heteroatoms. The van der Waals surface area contributed by atoms with Crippen LogP contribution in [0.1, 0.15) is 5.56 Å². The number of nitrogens with zero attached hydrogens (tertiary/aromatic N) is 1. The summed E-state index contributed by atoms with van der Waals surface area (Å²) in [6, 6.07) is 10.6. The molecule has 0 aromatic heterocycles. The Hall–Kier alpha value is -2.93. The molecule has 0 spiro atoms. The average molecular weight is 404 g/mol. The van der Waals surface area contributed by atoms with Crippen LogP contribution in [-0.4, -0.2) is 45.7 Å². The van der Waals surface area contributed by atoms with E-state index in [1.807, 2.05) is 17.0 Å². The summed E-state index contributed by atoms with van der Waals surface area (Å²) in [6.45, 7) is 1.54. The number of halogens is 1. The van der Waals surface area contributed by atoms with Crippen molar-refractivity contribution in [2.75, 3.05) is 44.1 Å². The molecule has 0 atom stereocenters. The van der Waals surface area contributed by atoms with E-state index in [0.717, 1.165) is 11.3 Å². The highest BCUT2D eigenvalue weighted by Crippen LogP contribution is 2.30. The van der Waals surface area contributed by atoms with Gasteiger partial charge in [0.2, 0.25) is 11.8 Å². The van der Waals surface area contributed by atoms with Crippen molar-refractivity contribution < 1.29 is 19.1 Å². The number of nitrogens with one attached hydrogen (secondary N) is 2. The fourth-order valence-corrected chi connectivity index (χ4v) is 3.37. The number of anilines is 2. The second-order valence-corrected chi connectivity index (χ2v) is 6.76. The quantitative estimate of drug-likeness (QED) is 0.774. The first-order chi connectivity index (χ1) is 13.5. The van der Waals surface area contributed by atoms with Gasteiger partial charge in [0.15, 0.2) is 11.5 Å². The molecule has 0 saturated carbocycles. The van der Waals surface area contributed by atoms with Crippen molar-refractivity contribution in [3.63, 3.8) is 0 Å². The largest absolute Gasteiger partial charge is 0.493 e. The lowest BCUT2D eigenvalue weighted by Gasteiger charge is -2.29. The summed E-state index contributed by atoms with van der Waals surface area (Å²) >= 11 is 6.37. The van der Waals surface area contributed by atoms with E-state index in [1.54, 1.807) is 38.5 Å². The molecule has 2 amide bonds. The molecule has 7 nitrogen and oxygen atoms in total. The van der Waals surface area contributed by atoms with Crippen molar-refractivity contribution in [1.82, 2.24) is 5.32 Å². The molecule has 0 aliphatic carbocycles. The molecule has 28 heavy (non-hydrogen) atoms. The second-order valence-electron chi connectivity index (χ2n) is 6.35. The van der Waals surface area contributed by atoms with Gasteiger partial charge in [-0.25, -0.2) is 0 Å². The molecule has 0 bridgehead atoms. The summed E-state index contributed by atoms with van der Waals surface area (Å²) in [5.74, 6) is 0.981. The maximum Gasteiger partial charge on any atom is 0.239 e. The lowest BCUT2D eigenvalue weighted by molar-refractivity contribution is -0.120. The number of amides is 2. The minimum absolute atomic E-state index is 0.0328. The van der Waals surface area contributed by atoms with Crippen LogP contribution < -0.4 is 25.0 Å². The van der Waals surface area contributed by atoms with E-state index in [4.69, 9.17) is 21.1 Å². The Morgan fingerprint density at radius 1 is 1.18 bits per heavy atom. The van der Waals surface area contributed by atoms with Gasteiger partial charge in [-0.05, 0) is 35.9 Å². The Morgan fingerprint density at radius 3 is 2.64 bits per heavy atom. The van der Waals surface area contributed by atoms with Crippen LogP contribution in [0, 0.1) is 0 Å². The molecule has 1 heterocycles. The van der Waals surface area contributed by atoms with Crippen molar-refractivity contribution >= 4 is 34.8 Å². The number of carbonyl (C=O) groups excluding carboxylic acids is 2. The molecular formula is C20H22ClN3O4. The van der Waals surface area contributed by atoms with Crippen LogP contribution >= 0.6 is 11.6 Å². The molecule has 1 saturated heterocycles. The molecule has 2 N–H and O–H groups in total. The number of hydrogen-bond acceptors (Lipinski definition) is 5. The molecule has 2 aromatic carbocycles. The summed E-state index contributed by atoms with van der Waals surface area (Å²) < 4.78 is 10.5. The lowest BCUT2D eigenvalue weighted by atomic mass is 10.1. The highest BCUT2D eigenvalue weighted by atomic mass is 35.5. The SMILES string of the molecule is COc1ccc(CC(=O)Nc2ccc(N3CCNC(=O)C3)c(Cl)c2)cc1OC. The van der Waals surface area contributed by atoms with Crippen LogP contribution in [0.2, 0.25) is 5.02 Å². The van der Waals surface area contributed by atoms with Gasteiger partial charge in [-0.1, -0.05) is 17.7 Å². The van der Waals surface area contributed by atoms with Crippen LogP contribution in [0.25, 0.3) is 0 Å². The van der Waals surface area contributed by atoms with Crippen molar-refractivity contribution in [2.24, 2.45) is 0 Å². The van der Waals surface area contributed by atoms with Crippen LogP contribution in [0.15, 0.2) is 36.4 Å². The number of rotatable bonds is 6. The van der Waals surface area contributed by atoms with Gasteiger partial charge in [0.25, 0.3) is 0 Å². The first-order valence-electron chi connectivity index (χ1n) is 8.82. The zero-order valence-corrected chi connectivity index (χ0v) is 16.5. The third-order valence-corrected chi connectivity index (χ3v) is 4.73. The fraction of sp³-hybridized carbons (Fsp3) is 0.300. The fourth-order valence-electron chi connectivity index (χ4n) is 3.07. The van der Waals surface area contributed by atoms with E-state index in [1.165, 1.54) is 0 Å². The molecule has 1 aliphatic rings. The summed E-state index contributed by atoms with van der Waals surface area (Å²) in [6.07, 6.45) is 0.187. The second kappa shape index (κ2) is 8.84. The molecule has 0 radical (unpaired) electrons. The van der Waals surface area contributed by atoms with Gasteiger partial charge in [0.05, 0.1) is 37.9 Å². The van der Waals surface area contributed by atoms with E-state index in [-0.39, 0.29) is 24.8 Å². The first kappa shape index (κ1) is 19.8. The van der Waals surface area contributed by atoms with Gasteiger partial charge in [-0.15, -0.1) is 0 Å². The zero-order valence-electron chi connectivity index (χ0n) is 15.8. The van der Waals surface area contributed by atoms with Crippen molar-refractivity contribution in [2.45, 2.75) is 6.42 Å². The minimum atomic E-state index is -0.173. The number of ether oxygens (including phenoxy) is 2. The summed E-state index contributed by atoms with van der Waals surface area (Å²) in [7, 11) is 3.12. The molecular weight excluding hydrogens is 382 g/mol. The Balaban J connectivity index is 1.66. The third kappa shape index (κ3) is 4.67. The smallest absolute Gasteiger partial charge is 0.239 e. The number of hydrogen-bond donors (Lipinski definition) is 2. The highest BCUT2D eigenvalue weighted by Gasteiger charge is 2.19. The Kier molecular flexibility index (Phi) is 6.26. The number of carbonyl (C=O) groups is 2. The number of methoxy groups -OCH3 is 2. The molecule has 148 valence electrons.